The van der Waals surface area contributed by atoms with Gasteiger partial charge in [-0.1, -0.05) is 24.3 Å². The van der Waals surface area contributed by atoms with Gasteiger partial charge in [-0.15, -0.1) is 11.3 Å². The lowest BCUT2D eigenvalue weighted by Crippen LogP contribution is -2.54. The van der Waals surface area contributed by atoms with Crippen LogP contribution in [0.1, 0.15) is 29.8 Å². The van der Waals surface area contributed by atoms with Gasteiger partial charge in [0.05, 0.1) is 18.8 Å². The first kappa shape index (κ1) is 16.4. The highest BCUT2D eigenvalue weighted by Crippen LogP contribution is 2.33. The summed E-state index contributed by atoms with van der Waals surface area (Å²) in [6.07, 6.45) is 0. The van der Waals surface area contributed by atoms with Gasteiger partial charge in [-0.05, 0) is 37.8 Å². The number of thiophene rings is 1. The van der Waals surface area contributed by atoms with E-state index in [2.05, 4.69) is 23.3 Å². The predicted octanol–water partition coefficient (Wildman–Crippen LogP) is 4.02. The third kappa shape index (κ3) is 3.25. The molecule has 0 unspecified atom stereocenters. The Morgan fingerprint density at radius 2 is 1.91 bits per heavy atom. The van der Waals surface area contributed by atoms with Gasteiger partial charge in [0.2, 0.25) is 0 Å². The number of ketones is 1. The van der Waals surface area contributed by atoms with Crippen molar-refractivity contribution in [3.05, 3.63) is 46.8 Å². The van der Waals surface area contributed by atoms with Crippen LogP contribution in [0.4, 0.5) is 0 Å². The van der Waals surface area contributed by atoms with Crippen molar-refractivity contribution in [1.82, 2.24) is 4.90 Å². The molecule has 0 saturated carbocycles. The van der Waals surface area contributed by atoms with Crippen molar-refractivity contribution in [3.63, 3.8) is 0 Å². The maximum Gasteiger partial charge on any atom is 0.183 e. The van der Waals surface area contributed by atoms with Gasteiger partial charge in [-0.3, -0.25) is 9.69 Å². The van der Waals surface area contributed by atoms with Crippen molar-refractivity contribution in [2.45, 2.75) is 26.3 Å². The van der Waals surface area contributed by atoms with Crippen LogP contribution in [-0.4, -0.2) is 42.5 Å². The van der Waals surface area contributed by atoms with Crippen molar-refractivity contribution in [3.8, 4) is 10.4 Å². The highest BCUT2D eigenvalue weighted by Gasteiger charge is 2.36. The number of Topliss-reactive ketones (excluding diaryl/α,β-unsaturated/α-hetero) is 1. The number of rotatable bonds is 4. The molecule has 2 aromatic rings. The molecule has 4 heteroatoms. The number of hydrogen-bond donors (Lipinski definition) is 0. The van der Waals surface area contributed by atoms with E-state index in [4.69, 9.17) is 4.74 Å². The fourth-order valence-corrected chi connectivity index (χ4v) is 4.00. The monoisotopic (exact) mass is 329 g/mol. The third-order valence-electron chi connectivity index (χ3n) is 4.53. The second-order valence-electron chi connectivity index (χ2n) is 6.52. The van der Waals surface area contributed by atoms with Crippen molar-refractivity contribution in [2.24, 2.45) is 0 Å². The van der Waals surface area contributed by atoms with E-state index >= 15 is 0 Å². The van der Waals surface area contributed by atoms with E-state index in [9.17, 15) is 4.79 Å². The molecular weight excluding hydrogens is 306 g/mol. The zero-order valence-electron chi connectivity index (χ0n) is 14.0. The van der Waals surface area contributed by atoms with Gasteiger partial charge in [0.15, 0.2) is 5.78 Å². The van der Waals surface area contributed by atoms with Crippen LogP contribution in [0.5, 0.6) is 0 Å². The molecule has 0 N–H and O–H groups in total. The highest BCUT2D eigenvalue weighted by atomic mass is 32.1. The highest BCUT2D eigenvalue weighted by molar-refractivity contribution is 7.13. The van der Waals surface area contributed by atoms with Crippen LogP contribution >= 0.6 is 11.3 Å². The molecule has 23 heavy (non-hydrogen) atoms. The first-order chi connectivity index (χ1) is 11.0. The van der Waals surface area contributed by atoms with E-state index < -0.39 is 5.54 Å². The Hall–Kier alpha value is -1.49. The predicted molar refractivity (Wildman–Crippen MR) is 95.3 cm³/mol. The summed E-state index contributed by atoms with van der Waals surface area (Å²) in [4.78, 5) is 16.7. The van der Waals surface area contributed by atoms with Gasteiger partial charge in [-0.25, -0.2) is 0 Å². The van der Waals surface area contributed by atoms with Crippen LogP contribution in [0.25, 0.3) is 10.4 Å². The van der Waals surface area contributed by atoms with Crippen LogP contribution in [0.3, 0.4) is 0 Å². The number of nitrogens with zero attached hydrogens (tertiary/aromatic N) is 1. The average molecular weight is 329 g/mol. The molecule has 1 saturated heterocycles. The van der Waals surface area contributed by atoms with Crippen LogP contribution in [0.2, 0.25) is 0 Å². The SMILES string of the molecule is Cc1csc(-c2ccccc2C(=O)C(C)(C)N2CCOCC2)c1. The normalized spacial score (nSPS) is 16.5. The fraction of sp³-hybridized carbons (Fsp3) is 0.421. The number of carbonyl (C=O) groups is 1. The minimum atomic E-state index is -0.522. The lowest BCUT2D eigenvalue weighted by atomic mass is 9.88. The number of ether oxygens (including phenoxy) is 1. The largest absolute Gasteiger partial charge is 0.379 e. The van der Waals surface area contributed by atoms with Gasteiger partial charge in [0, 0.05) is 29.1 Å². The van der Waals surface area contributed by atoms with Gasteiger partial charge >= 0.3 is 0 Å². The summed E-state index contributed by atoms with van der Waals surface area (Å²) in [5, 5.41) is 2.13. The van der Waals surface area contributed by atoms with Gasteiger partial charge in [0.1, 0.15) is 0 Å². The molecule has 1 aliphatic heterocycles. The van der Waals surface area contributed by atoms with Crippen LogP contribution in [0, 0.1) is 6.92 Å². The van der Waals surface area contributed by atoms with Crippen molar-refractivity contribution in [1.29, 1.82) is 0 Å². The van der Waals surface area contributed by atoms with E-state index in [0.29, 0.717) is 13.2 Å². The molecule has 0 radical (unpaired) electrons. The molecule has 122 valence electrons. The molecule has 0 aliphatic carbocycles. The second kappa shape index (κ2) is 6.56. The van der Waals surface area contributed by atoms with Gasteiger partial charge < -0.3 is 4.74 Å². The molecule has 0 amide bonds. The van der Waals surface area contributed by atoms with E-state index in [0.717, 1.165) is 29.1 Å². The third-order valence-corrected chi connectivity index (χ3v) is 5.61. The minimum Gasteiger partial charge on any atom is -0.379 e. The lowest BCUT2D eigenvalue weighted by Gasteiger charge is -2.39. The maximum absolute atomic E-state index is 13.3. The van der Waals surface area contributed by atoms with E-state index in [1.54, 1.807) is 11.3 Å². The van der Waals surface area contributed by atoms with Gasteiger partial charge in [-0.2, -0.15) is 0 Å². The van der Waals surface area contributed by atoms with Crippen molar-refractivity contribution < 1.29 is 9.53 Å². The summed E-state index contributed by atoms with van der Waals surface area (Å²) in [5.74, 6) is 0.182. The Morgan fingerprint density at radius 3 is 2.57 bits per heavy atom. The molecule has 3 nitrogen and oxygen atoms in total. The Labute approximate surface area is 141 Å². The van der Waals surface area contributed by atoms with E-state index in [-0.39, 0.29) is 5.78 Å². The minimum absolute atomic E-state index is 0.182. The smallest absolute Gasteiger partial charge is 0.183 e. The van der Waals surface area contributed by atoms with Gasteiger partial charge in [0.25, 0.3) is 0 Å². The number of aryl methyl sites for hydroxylation is 1. The Kier molecular flexibility index (Phi) is 4.67. The first-order valence-corrected chi connectivity index (χ1v) is 8.90. The zero-order valence-corrected chi connectivity index (χ0v) is 14.8. The van der Waals surface area contributed by atoms with Crippen LogP contribution in [0.15, 0.2) is 35.7 Å². The summed E-state index contributed by atoms with van der Waals surface area (Å²) >= 11 is 1.69. The number of hydrogen-bond acceptors (Lipinski definition) is 4. The summed E-state index contributed by atoms with van der Waals surface area (Å²) in [6.45, 7) is 9.14. The van der Waals surface area contributed by atoms with E-state index in [1.807, 2.05) is 38.1 Å². The molecular formula is C19H23NO2S. The van der Waals surface area contributed by atoms with Crippen LogP contribution in [-0.2, 0) is 4.74 Å². The van der Waals surface area contributed by atoms with E-state index in [1.165, 1.54) is 5.56 Å². The Morgan fingerprint density at radius 1 is 1.22 bits per heavy atom. The molecule has 0 bridgehead atoms. The Bertz CT molecular complexity index is 699. The molecule has 1 aliphatic rings. The summed E-state index contributed by atoms with van der Waals surface area (Å²) < 4.78 is 5.42. The number of carbonyl (C=O) groups excluding carboxylic acids is 1. The number of benzene rings is 1. The molecule has 1 fully saturated rings. The zero-order chi connectivity index (χ0) is 16.4. The standard InChI is InChI=1S/C19H23NO2S/c1-14-12-17(23-13-14)15-6-4-5-7-16(15)18(21)19(2,3)20-8-10-22-11-9-20/h4-7,12-13H,8-11H2,1-3H3. The number of morpholine rings is 1. The molecule has 1 aromatic heterocycles. The summed E-state index contributed by atoms with van der Waals surface area (Å²) in [5.41, 5.74) is 2.56. The quantitative estimate of drug-likeness (QED) is 0.794. The Balaban J connectivity index is 1.96. The molecule has 0 spiro atoms. The average Bonchev–Trinajstić information content (AvgIpc) is 3.01. The summed E-state index contributed by atoms with van der Waals surface area (Å²) in [7, 11) is 0. The molecule has 0 atom stereocenters. The fourth-order valence-electron chi connectivity index (χ4n) is 3.06. The first-order valence-electron chi connectivity index (χ1n) is 8.02. The van der Waals surface area contributed by atoms with Crippen molar-refractivity contribution >= 4 is 17.1 Å². The molecule has 1 aromatic carbocycles. The molecule has 3 rings (SSSR count). The second-order valence-corrected chi connectivity index (χ2v) is 7.43. The summed E-state index contributed by atoms with van der Waals surface area (Å²) in [6, 6.07) is 10.1. The van der Waals surface area contributed by atoms with Crippen molar-refractivity contribution in [2.75, 3.05) is 26.3 Å². The lowest BCUT2D eigenvalue weighted by molar-refractivity contribution is -0.00427. The topological polar surface area (TPSA) is 29.5 Å². The molecule has 2 heterocycles. The maximum atomic E-state index is 13.3. The van der Waals surface area contributed by atoms with Crippen LogP contribution < -0.4 is 0 Å².